The molecule has 7 heterocycles. The highest BCUT2D eigenvalue weighted by molar-refractivity contribution is 8.14. The lowest BCUT2D eigenvalue weighted by Gasteiger charge is -2.50. The van der Waals surface area contributed by atoms with E-state index < -0.39 is 113 Å². The number of anilines is 2. The van der Waals surface area contributed by atoms with Crippen molar-refractivity contribution < 1.29 is 90.1 Å². The molecule has 9 atom stereocenters. The number of ether oxygens (including phenoxy) is 1. The summed E-state index contributed by atoms with van der Waals surface area (Å²) in [7, 11) is -12.8. The highest BCUT2D eigenvalue weighted by Gasteiger charge is 2.54. The zero-order valence-corrected chi connectivity index (χ0v) is 49.0. The predicted octanol–water partition coefficient (Wildman–Crippen LogP) is -2.06. The number of nitrogens with zero attached hydrogens (tertiary/aromatic N) is 11. The molecule has 0 saturated carbocycles. The third-order valence-corrected chi connectivity index (χ3v) is 18.9. The summed E-state index contributed by atoms with van der Waals surface area (Å²) < 4.78 is 64.5. The second-order valence-corrected chi connectivity index (χ2v) is 27.0. The monoisotopic (exact) mass is 1270 g/mol. The summed E-state index contributed by atoms with van der Waals surface area (Å²) in [5.74, 6) is -1.92. The lowest BCUT2D eigenvalue weighted by Crippen LogP contribution is -2.70. The molecule has 446 valence electrons. The van der Waals surface area contributed by atoms with Gasteiger partial charge in [-0.25, -0.2) is 38.3 Å². The van der Waals surface area contributed by atoms with Crippen molar-refractivity contribution >= 4 is 121 Å². The number of nitrogens with two attached hydrogens (primary N) is 2. The van der Waals surface area contributed by atoms with Crippen LogP contribution in [0.25, 0.3) is 11.2 Å². The number of nitrogens with one attached hydrogen (secondary N) is 3. The van der Waals surface area contributed by atoms with Gasteiger partial charge in [-0.1, -0.05) is 37.4 Å². The fourth-order valence-electron chi connectivity index (χ4n) is 7.80. The summed E-state index contributed by atoms with van der Waals surface area (Å²) in [5.41, 5.74) is 11.1. The number of phosphoric ester groups is 3. The third-order valence-electron chi connectivity index (χ3n) is 11.8. The van der Waals surface area contributed by atoms with Gasteiger partial charge in [0.25, 0.3) is 5.91 Å². The summed E-state index contributed by atoms with van der Waals surface area (Å²) in [4.78, 5) is 125. The van der Waals surface area contributed by atoms with Gasteiger partial charge in [-0.05, 0) is 30.1 Å². The Hall–Kier alpha value is -4.60. The van der Waals surface area contributed by atoms with Gasteiger partial charge in [-0.2, -0.15) is 4.31 Å². The quantitative estimate of drug-likeness (QED) is 0.0121. The molecule has 4 aromatic heterocycles. The van der Waals surface area contributed by atoms with E-state index in [1.807, 2.05) is 19.0 Å². The van der Waals surface area contributed by atoms with Crippen LogP contribution in [-0.2, 0) is 73.3 Å². The van der Waals surface area contributed by atoms with Gasteiger partial charge in [0.05, 0.1) is 38.2 Å². The lowest BCUT2D eigenvalue weighted by atomic mass is 9.87. The maximum absolute atomic E-state index is 14.0. The van der Waals surface area contributed by atoms with E-state index in [0.717, 1.165) is 29.0 Å². The van der Waals surface area contributed by atoms with E-state index in [9.17, 15) is 67.5 Å². The molecular weight excluding hydrogens is 1220 g/mol. The number of tetrazole rings is 1. The number of phosphoric acid groups is 3. The summed E-state index contributed by atoms with van der Waals surface area (Å²) in [6.45, 7) is 1.18. The van der Waals surface area contributed by atoms with Crippen LogP contribution in [0.2, 0.25) is 0 Å². The Kier molecular flexibility index (Phi) is 21.3. The first-order valence-corrected chi connectivity index (χ1v) is 32.2. The number of carbonyl (C=O) groups excluding carboxylic acids is 5. The van der Waals surface area contributed by atoms with E-state index in [4.69, 9.17) is 25.3 Å². The van der Waals surface area contributed by atoms with Crippen molar-refractivity contribution in [3.05, 3.63) is 35.0 Å². The molecule has 81 heavy (non-hydrogen) atoms. The van der Waals surface area contributed by atoms with Gasteiger partial charge in [-0.3, -0.25) is 47.0 Å². The molecule has 2 saturated heterocycles. The Labute approximate surface area is 475 Å². The number of aliphatic hydroxyl groups is 2. The maximum Gasteiger partial charge on any atom is 0.481 e. The van der Waals surface area contributed by atoms with Gasteiger partial charge in [0.1, 0.15) is 53.4 Å². The maximum atomic E-state index is 14.0. The molecule has 7 unspecified atom stereocenters. The number of aromatic nitrogens is 9. The number of carbonyl (C=O) groups is 5. The number of thioether (sulfide) groups is 3. The van der Waals surface area contributed by atoms with E-state index >= 15 is 0 Å². The molecule has 4 aromatic rings. The zero-order chi connectivity index (χ0) is 59.2. The Morgan fingerprint density at radius 1 is 1.04 bits per heavy atom. The van der Waals surface area contributed by atoms with Crippen LogP contribution in [0.1, 0.15) is 32.2 Å². The molecule has 0 spiro atoms. The minimum Gasteiger partial charge on any atom is -0.386 e. The number of thiazole rings is 1. The molecule has 0 radical (unpaired) electrons. The minimum absolute atomic E-state index is 0.0100. The van der Waals surface area contributed by atoms with Crippen molar-refractivity contribution in [2.24, 2.45) is 5.41 Å². The highest BCUT2D eigenvalue weighted by atomic mass is 32.2. The van der Waals surface area contributed by atoms with Gasteiger partial charge in [0, 0.05) is 54.1 Å². The van der Waals surface area contributed by atoms with Crippen LogP contribution in [0.15, 0.2) is 34.5 Å². The first kappa shape index (κ1) is 64.0. The third kappa shape index (κ3) is 16.8. The van der Waals surface area contributed by atoms with Crippen LogP contribution in [0.4, 0.5) is 10.9 Å². The summed E-state index contributed by atoms with van der Waals surface area (Å²) in [6, 6.07) is -0.901. The van der Waals surface area contributed by atoms with Crippen molar-refractivity contribution in [2.75, 3.05) is 75.7 Å². The Morgan fingerprint density at radius 3 is 2.48 bits per heavy atom. The van der Waals surface area contributed by atoms with Gasteiger partial charge in [0.2, 0.25) is 28.0 Å². The molecule has 4 amide bonds. The number of fused-ring (bicyclic) bond motifs is 2. The van der Waals surface area contributed by atoms with Gasteiger partial charge < -0.3 is 66.8 Å². The van der Waals surface area contributed by atoms with Gasteiger partial charge in [0.15, 0.2) is 22.8 Å². The number of hydrogen-bond acceptors (Lipinski definition) is 29. The number of hydrogen-bond donors (Lipinski definition) is 11. The normalized spacial score (nSPS) is 22.3. The van der Waals surface area contributed by atoms with E-state index in [2.05, 4.69) is 60.2 Å². The Balaban J connectivity index is 0.852. The van der Waals surface area contributed by atoms with Gasteiger partial charge >= 0.3 is 23.5 Å². The molecule has 2 fully saturated rings. The number of likely N-dealkylation sites (N-methyl/N-ethyl adjacent to an activating group) is 1. The first-order chi connectivity index (χ1) is 38.0. The number of β-lactam (4-membered cyclic amide) rings is 1. The van der Waals surface area contributed by atoms with Crippen molar-refractivity contribution in [1.82, 2.24) is 70.5 Å². The fourth-order valence-corrected chi connectivity index (χ4v) is 14.4. The average molecular weight is 1280 g/mol. The molecule has 35 nitrogen and oxygen atoms in total. The predicted molar refractivity (Wildman–Crippen MR) is 286 cm³/mol. The van der Waals surface area contributed by atoms with Crippen LogP contribution < -0.4 is 27.4 Å². The number of rotatable bonds is 29. The first-order valence-electron chi connectivity index (χ1n) is 23.8. The van der Waals surface area contributed by atoms with E-state index in [0.29, 0.717) is 40.4 Å². The SMILES string of the molecule is CN(C)CCn1nnnc1SCC1=C(C(=O)SCCNC(=O)CCNC(=O)C(O)C(C)(C)COP(=O)(O)OP(=O)(O)OCC2OC(n3cnc4c(N)ncnc43)C(O)C2OP(=O)(O)O)N2C(=O)[C@@H](NC(=O)Cc3csc(N)n3)[C@H]2SC1. The Bertz CT molecular complexity index is 3150. The second kappa shape index (κ2) is 27.0. The topological polar surface area (TPSA) is 499 Å². The molecule has 0 aliphatic carbocycles. The molecule has 42 heteroatoms. The minimum atomic E-state index is -5.64. The van der Waals surface area contributed by atoms with Crippen LogP contribution in [0.5, 0.6) is 0 Å². The molecular formula is C39H57N16O19P3S4. The van der Waals surface area contributed by atoms with Crippen LogP contribution in [0, 0.1) is 5.41 Å². The van der Waals surface area contributed by atoms with Crippen molar-refractivity contribution in [2.45, 2.75) is 80.4 Å². The second-order valence-electron chi connectivity index (χ2n) is 18.7. The van der Waals surface area contributed by atoms with Crippen LogP contribution in [-0.4, -0.2) is 213 Å². The molecule has 7 rings (SSSR count). The summed E-state index contributed by atoms with van der Waals surface area (Å²) in [6.07, 6.45) is -7.39. The zero-order valence-electron chi connectivity index (χ0n) is 43.1. The fraction of sp³-hybridized carbons (Fsp3) is 0.590. The molecule has 3 aliphatic rings. The van der Waals surface area contributed by atoms with Gasteiger partial charge in [-0.15, -0.1) is 28.2 Å². The van der Waals surface area contributed by atoms with Crippen molar-refractivity contribution in [3.8, 4) is 0 Å². The number of nitrogen functional groups attached to an aromatic ring is 2. The average Bonchev–Trinajstić information content (AvgIpc) is 4.28. The molecule has 13 N–H and O–H groups in total. The van der Waals surface area contributed by atoms with Crippen molar-refractivity contribution in [3.63, 3.8) is 0 Å². The smallest absolute Gasteiger partial charge is 0.386 e. The van der Waals surface area contributed by atoms with Crippen LogP contribution >= 0.6 is 70.1 Å². The largest absolute Gasteiger partial charge is 0.481 e. The summed E-state index contributed by atoms with van der Waals surface area (Å²) in [5, 5.41) is 42.9. The van der Waals surface area contributed by atoms with Crippen molar-refractivity contribution in [1.29, 1.82) is 0 Å². The number of aliphatic hydroxyl groups excluding tert-OH is 2. The van der Waals surface area contributed by atoms with E-state index in [1.54, 1.807) is 10.1 Å². The molecule has 0 bridgehead atoms. The van der Waals surface area contributed by atoms with E-state index in [1.165, 1.54) is 53.6 Å². The lowest BCUT2D eigenvalue weighted by molar-refractivity contribution is -0.146. The molecule has 0 aromatic carbocycles. The highest BCUT2D eigenvalue weighted by Crippen LogP contribution is 2.61. The van der Waals surface area contributed by atoms with E-state index in [-0.39, 0.29) is 60.1 Å². The molecule has 3 aliphatic heterocycles. The van der Waals surface area contributed by atoms with Crippen LogP contribution in [0.3, 0.4) is 0 Å². The standard InChI is InChI=1S/C39H57N16O19P3S4/c1-39(2,16-71-77(68,69)74-76(66,67)70-12-21-28(73-75(63,64)65)27(58)34(72-21)53-18-46-24-30(40)44-17-45-31(24)53)29(59)32(60)43-6-5-22(56)42-7-10-78-36(62)26-19(14-81-38-49-50-51-54(38)9-8-52(3)4)13-79-35-25(33(61)55(26)35)48-23(57)11-20-15-80-37(41)47-20/h15,17-18,21,25,27-29,34-35,58-59H,5-14,16H2,1-4H3,(H2,41,47)(H,42,56)(H,43,60)(H,48,57)(H,66,67)(H,68,69)(H2,40,44,45)(H2,63,64,65)/t21?,25-,27?,28?,29?,34?,35-/m1/s1. The number of imidazole rings is 1. The number of amides is 4. The summed E-state index contributed by atoms with van der Waals surface area (Å²) >= 11 is 4.71. The Morgan fingerprint density at radius 2 is 1.78 bits per heavy atom.